The number of amides is 1. The van der Waals surface area contributed by atoms with Crippen LogP contribution in [-0.2, 0) is 9.59 Å². The van der Waals surface area contributed by atoms with Gasteiger partial charge in [-0.1, -0.05) is 27.7 Å². The quantitative estimate of drug-likeness (QED) is 0.767. The lowest BCUT2D eigenvalue weighted by Gasteiger charge is -2.42. The molecule has 0 radical (unpaired) electrons. The van der Waals surface area contributed by atoms with Gasteiger partial charge in [0.25, 0.3) is 0 Å². The van der Waals surface area contributed by atoms with Gasteiger partial charge >= 0.3 is 5.97 Å². The summed E-state index contributed by atoms with van der Waals surface area (Å²) in [6.07, 6.45) is 2.24. The van der Waals surface area contributed by atoms with Crippen LogP contribution >= 0.6 is 0 Å². The number of aliphatic carboxylic acids is 1. The third kappa shape index (κ3) is 5.59. The normalized spacial score (nSPS) is 23.0. The van der Waals surface area contributed by atoms with E-state index >= 15 is 0 Å². The van der Waals surface area contributed by atoms with Crippen LogP contribution in [0.25, 0.3) is 0 Å². The molecule has 1 fully saturated rings. The molecule has 0 heterocycles. The third-order valence-corrected chi connectivity index (χ3v) is 3.43. The van der Waals surface area contributed by atoms with Crippen LogP contribution in [0.5, 0.6) is 0 Å². The number of hydrogen-bond acceptors (Lipinski definition) is 3. The van der Waals surface area contributed by atoms with Crippen LogP contribution in [0, 0.1) is 5.41 Å². The maximum absolute atomic E-state index is 11.8. The molecule has 1 saturated carbocycles. The van der Waals surface area contributed by atoms with Gasteiger partial charge in [-0.2, -0.15) is 0 Å². The van der Waals surface area contributed by atoms with E-state index in [-0.39, 0.29) is 23.9 Å². The van der Waals surface area contributed by atoms with Crippen LogP contribution in [-0.4, -0.2) is 47.1 Å². The Morgan fingerprint density at radius 3 is 2.32 bits per heavy atom. The molecule has 2 N–H and O–H groups in total. The largest absolute Gasteiger partial charge is 0.480 e. The van der Waals surface area contributed by atoms with Crippen LogP contribution in [0.4, 0.5) is 0 Å². The fourth-order valence-electron chi connectivity index (χ4n) is 2.44. The van der Waals surface area contributed by atoms with Gasteiger partial charge in [0.05, 0.1) is 6.54 Å². The summed E-state index contributed by atoms with van der Waals surface area (Å²) < 4.78 is 0. The number of carboxylic acids is 1. The first-order chi connectivity index (χ1) is 8.71. The molecule has 19 heavy (non-hydrogen) atoms. The van der Waals surface area contributed by atoms with Crippen LogP contribution in [0.15, 0.2) is 0 Å². The summed E-state index contributed by atoms with van der Waals surface area (Å²) >= 11 is 0. The Balaban J connectivity index is 2.29. The second kappa shape index (κ2) is 6.37. The summed E-state index contributed by atoms with van der Waals surface area (Å²) in [5.74, 6) is -0.695. The standard InChI is InChI=1S/C14H26N2O3/c1-5-16(9-13(18)19)11-6-10(7-11)15-12(17)8-14(2,3)4/h10-11H,5-9H2,1-4H3,(H,15,17)(H,18,19). The van der Waals surface area contributed by atoms with Gasteiger partial charge in [0.15, 0.2) is 0 Å². The van der Waals surface area contributed by atoms with Crippen molar-refractivity contribution < 1.29 is 14.7 Å². The molecule has 1 amide bonds. The van der Waals surface area contributed by atoms with Crippen molar-refractivity contribution in [1.29, 1.82) is 0 Å². The average Bonchev–Trinajstić information content (AvgIpc) is 2.17. The molecule has 5 heteroatoms. The molecule has 1 aliphatic carbocycles. The van der Waals surface area contributed by atoms with Gasteiger partial charge in [-0.3, -0.25) is 14.5 Å². The molecule has 1 aliphatic rings. The SMILES string of the molecule is CCN(CC(=O)O)C1CC(NC(=O)CC(C)(C)C)C1. The highest BCUT2D eigenvalue weighted by Crippen LogP contribution is 2.26. The Hall–Kier alpha value is -1.10. The van der Waals surface area contributed by atoms with Gasteiger partial charge in [0.1, 0.15) is 0 Å². The summed E-state index contributed by atoms with van der Waals surface area (Å²) in [5.41, 5.74) is 0.00595. The highest BCUT2D eigenvalue weighted by atomic mass is 16.4. The van der Waals surface area contributed by atoms with Crippen molar-refractivity contribution in [2.75, 3.05) is 13.1 Å². The first-order valence-corrected chi connectivity index (χ1v) is 6.96. The molecule has 0 bridgehead atoms. The van der Waals surface area contributed by atoms with E-state index in [1.807, 2.05) is 32.6 Å². The van der Waals surface area contributed by atoms with Crippen molar-refractivity contribution in [3.63, 3.8) is 0 Å². The minimum atomic E-state index is -0.790. The van der Waals surface area contributed by atoms with Crippen molar-refractivity contribution in [3.8, 4) is 0 Å². The number of likely N-dealkylation sites (N-methyl/N-ethyl adjacent to an activating group) is 1. The van der Waals surface area contributed by atoms with E-state index in [4.69, 9.17) is 5.11 Å². The predicted molar refractivity (Wildman–Crippen MR) is 73.9 cm³/mol. The molecule has 0 atom stereocenters. The van der Waals surface area contributed by atoms with Gasteiger partial charge in [-0.15, -0.1) is 0 Å². The lowest BCUT2D eigenvalue weighted by atomic mass is 9.84. The zero-order chi connectivity index (χ0) is 14.6. The topological polar surface area (TPSA) is 69.6 Å². The Labute approximate surface area is 115 Å². The fraction of sp³-hybridized carbons (Fsp3) is 0.857. The van der Waals surface area contributed by atoms with E-state index < -0.39 is 5.97 Å². The Bertz CT molecular complexity index is 330. The number of nitrogens with zero attached hydrogens (tertiary/aromatic N) is 1. The monoisotopic (exact) mass is 270 g/mol. The molecule has 0 aliphatic heterocycles. The number of nitrogens with one attached hydrogen (secondary N) is 1. The molecule has 0 spiro atoms. The predicted octanol–water partition coefficient (Wildman–Crippen LogP) is 1.48. The second-order valence-corrected chi connectivity index (χ2v) is 6.58. The molecule has 0 unspecified atom stereocenters. The van der Waals surface area contributed by atoms with Crippen molar-refractivity contribution in [1.82, 2.24) is 10.2 Å². The van der Waals surface area contributed by atoms with Crippen molar-refractivity contribution >= 4 is 11.9 Å². The second-order valence-electron chi connectivity index (χ2n) is 6.58. The van der Waals surface area contributed by atoms with E-state index in [1.54, 1.807) is 0 Å². The molecular weight excluding hydrogens is 244 g/mol. The van der Waals surface area contributed by atoms with Crippen molar-refractivity contribution in [2.24, 2.45) is 5.41 Å². The van der Waals surface area contributed by atoms with Crippen molar-refractivity contribution in [2.45, 2.75) is 59.0 Å². The molecule has 0 saturated heterocycles. The van der Waals surface area contributed by atoms with E-state index in [2.05, 4.69) is 5.32 Å². The molecule has 0 aromatic heterocycles. The van der Waals surface area contributed by atoms with Gasteiger partial charge in [-0.25, -0.2) is 0 Å². The zero-order valence-electron chi connectivity index (χ0n) is 12.4. The van der Waals surface area contributed by atoms with Gasteiger partial charge in [0, 0.05) is 18.5 Å². The van der Waals surface area contributed by atoms with Crippen LogP contribution < -0.4 is 5.32 Å². The van der Waals surface area contributed by atoms with E-state index in [9.17, 15) is 9.59 Å². The molecule has 0 aromatic rings. The Kier molecular flexibility index (Phi) is 5.35. The third-order valence-electron chi connectivity index (χ3n) is 3.43. The maximum atomic E-state index is 11.8. The van der Waals surface area contributed by atoms with E-state index in [1.165, 1.54) is 0 Å². The smallest absolute Gasteiger partial charge is 0.317 e. The minimum Gasteiger partial charge on any atom is -0.480 e. The van der Waals surface area contributed by atoms with Gasteiger partial charge < -0.3 is 10.4 Å². The summed E-state index contributed by atoms with van der Waals surface area (Å²) in [5, 5.41) is 11.8. The molecule has 0 aromatic carbocycles. The average molecular weight is 270 g/mol. The number of rotatable bonds is 6. The first-order valence-electron chi connectivity index (χ1n) is 6.96. The Morgan fingerprint density at radius 2 is 1.89 bits per heavy atom. The molecule has 110 valence electrons. The first kappa shape index (κ1) is 16.0. The lowest BCUT2D eigenvalue weighted by Crippen LogP contribution is -2.55. The number of carboxylic acid groups (broad SMARTS) is 1. The highest BCUT2D eigenvalue weighted by Gasteiger charge is 2.34. The van der Waals surface area contributed by atoms with Crippen molar-refractivity contribution in [3.05, 3.63) is 0 Å². The van der Waals surface area contributed by atoms with E-state index in [0.29, 0.717) is 12.5 Å². The highest BCUT2D eigenvalue weighted by molar-refractivity contribution is 5.77. The lowest BCUT2D eigenvalue weighted by molar-refractivity contribution is -0.140. The number of hydrogen-bond donors (Lipinski definition) is 2. The number of carbonyl (C=O) groups excluding carboxylic acids is 1. The summed E-state index contributed by atoms with van der Waals surface area (Å²) in [4.78, 5) is 24.4. The van der Waals surface area contributed by atoms with Gasteiger partial charge in [0.2, 0.25) is 5.91 Å². The van der Waals surface area contributed by atoms with Crippen LogP contribution in [0.2, 0.25) is 0 Å². The van der Waals surface area contributed by atoms with Gasteiger partial charge in [-0.05, 0) is 24.8 Å². The molecule has 1 rings (SSSR count). The molecular formula is C14H26N2O3. The maximum Gasteiger partial charge on any atom is 0.317 e. The summed E-state index contributed by atoms with van der Waals surface area (Å²) in [6, 6.07) is 0.503. The number of carbonyl (C=O) groups is 2. The summed E-state index contributed by atoms with van der Waals surface area (Å²) in [7, 11) is 0. The zero-order valence-corrected chi connectivity index (χ0v) is 12.4. The summed E-state index contributed by atoms with van der Waals surface area (Å²) in [6.45, 7) is 8.92. The Morgan fingerprint density at radius 1 is 1.32 bits per heavy atom. The fourth-order valence-corrected chi connectivity index (χ4v) is 2.44. The van der Waals surface area contributed by atoms with Crippen LogP contribution in [0.1, 0.15) is 47.0 Å². The minimum absolute atomic E-state index is 0.00595. The van der Waals surface area contributed by atoms with E-state index in [0.717, 1.165) is 19.4 Å². The van der Waals surface area contributed by atoms with Crippen LogP contribution in [0.3, 0.4) is 0 Å². The molecule has 5 nitrogen and oxygen atoms in total.